The monoisotopic (exact) mass is 371 g/mol. The van der Waals surface area contributed by atoms with Gasteiger partial charge in [-0.15, -0.1) is 0 Å². The van der Waals surface area contributed by atoms with Gasteiger partial charge in [0.1, 0.15) is 18.1 Å². The Bertz CT molecular complexity index is 768. The van der Waals surface area contributed by atoms with Crippen molar-refractivity contribution in [3.63, 3.8) is 0 Å². The molecule has 0 spiro atoms. The number of hydrogen-bond acceptors (Lipinski definition) is 5. The van der Waals surface area contributed by atoms with E-state index in [4.69, 9.17) is 14.2 Å². The summed E-state index contributed by atoms with van der Waals surface area (Å²) >= 11 is 0. The molecule has 0 atom stereocenters. The second kappa shape index (κ2) is 10.2. The van der Waals surface area contributed by atoms with Crippen molar-refractivity contribution in [1.29, 1.82) is 0 Å². The van der Waals surface area contributed by atoms with Crippen LogP contribution in [0.1, 0.15) is 16.7 Å². The normalized spacial score (nSPS) is 10.2. The minimum atomic E-state index is -0.597. The fraction of sp³-hybridized carbons (Fsp3) is 0.333. The van der Waals surface area contributed by atoms with Crippen molar-refractivity contribution in [2.24, 2.45) is 0 Å². The summed E-state index contributed by atoms with van der Waals surface area (Å²) in [7, 11) is 0. The highest BCUT2D eigenvalue weighted by Gasteiger charge is 2.08. The van der Waals surface area contributed by atoms with Crippen LogP contribution in [-0.4, -0.2) is 38.2 Å². The lowest BCUT2D eigenvalue weighted by Gasteiger charge is -2.10. The van der Waals surface area contributed by atoms with E-state index in [0.717, 1.165) is 22.4 Å². The van der Waals surface area contributed by atoms with Crippen molar-refractivity contribution >= 4 is 11.9 Å². The number of carbonyl (C=O) groups excluding carboxylic acids is 2. The van der Waals surface area contributed by atoms with Crippen LogP contribution in [0.4, 0.5) is 0 Å². The minimum absolute atomic E-state index is 0.243. The van der Waals surface area contributed by atoms with Crippen molar-refractivity contribution in [2.45, 2.75) is 20.8 Å². The third kappa shape index (κ3) is 7.81. The molecule has 0 unspecified atom stereocenters. The third-order valence-electron chi connectivity index (χ3n) is 3.60. The van der Waals surface area contributed by atoms with Crippen LogP contribution in [0.5, 0.6) is 11.5 Å². The molecule has 0 aliphatic rings. The van der Waals surface area contributed by atoms with E-state index in [0.29, 0.717) is 18.9 Å². The number of esters is 1. The number of rotatable bonds is 9. The first kappa shape index (κ1) is 20.3. The SMILES string of the molecule is Cc1cccc(OCCNC(=O)COC(=O)COc2cc(C)cc(C)c2)c1. The highest BCUT2D eigenvalue weighted by Crippen LogP contribution is 2.16. The Labute approximate surface area is 159 Å². The molecule has 0 bridgehead atoms. The minimum Gasteiger partial charge on any atom is -0.492 e. The van der Waals surface area contributed by atoms with Gasteiger partial charge in [0, 0.05) is 0 Å². The lowest BCUT2D eigenvalue weighted by Crippen LogP contribution is -2.32. The topological polar surface area (TPSA) is 73.9 Å². The molecule has 0 aliphatic carbocycles. The van der Waals surface area contributed by atoms with Gasteiger partial charge in [-0.05, 0) is 61.7 Å². The van der Waals surface area contributed by atoms with E-state index in [9.17, 15) is 9.59 Å². The maximum absolute atomic E-state index is 11.7. The Morgan fingerprint density at radius 1 is 0.852 bits per heavy atom. The molecule has 0 heterocycles. The number of nitrogens with one attached hydrogen (secondary N) is 1. The van der Waals surface area contributed by atoms with Crippen LogP contribution in [-0.2, 0) is 14.3 Å². The van der Waals surface area contributed by atoms with Gasteiger partial charge in [0.05, 0.1) is 6.54 Å². The average molecular weight is 371 g/mol. The lowest BCUT2D eigenvalue weighted by atomic mass is 10.1. The summed E-state index contributed by atoms with van der Waals surface area (Å²) in [6.45, 7) is 5.94. The van der Waals surface area contributed by atoms with Gasteiger partial charge in [-0.3, -0.25) is 4.79 Å². The zero-order chi connectivity index (χ0) is 19.6. The van der Waals surface area contributed by atoms with Gasteiger partial charge in [-0.25, -0.2) is 4.79 Å². The molecule has 1 amide bonds. The summed E-state index contributed by atoms with van der Waals surface area (Å²) in [6, 6.07) is 13.3. The maximum atomic E-state index is 11.7. The first-order valence-corrected chi connectivity index (χ1v) is 8.75. The fourth-order valence-electron chi connectivity index (χ4n) is 2.46. The Balaban J connectivity index is 1.59. The summed E-state index contributed by atoms with van der Waals surface area (Å²) in [5, 5.41) is 2.63. The summed E-state index contributed by atoms with van der Waals surface area (Å²) in [5.41, 5.74) is 3.20. The predicted molar refractivity (Wildman–Crippen MR) is 102 cm³/mol. The van der Waals surface area contributed by atoms with Gasteiger partial charge in [0.2, 0.25) is 0 Å². The van der Waals surface area contributed by atoms with Crippen LogP contribution in [0, 0.1) is 20.8 Å². The standard InChI is InChI=1S/C21H25NO5/c1-15-5-4-6-18(10-15)25-8-7-22-20(23)13-27-21(24)14-26-19-11-16(2)9-17(3)12-19/h4-6,9-12H,7-8,13-14H2,1-3H3,(H,22,23). The number of hydrogen-bond donors (Lipinski definition) is 1. The Morgan fingerprint density at radius 3 is 2.26 bits per heavy atom. The van der Waals surface area contributed by atoms with Crippen molar-refractivity contribution in [2.75, 3.05) is 26.4 Å². The first-order valence-electron chi connectivity index (χ1n) is 8.75. The van der Waals surface area contributed by atoms with Gasteiger partial charge < -0.3 is 19.5 Å². The van der Waals surface area contributed by atoms with Crippen LogP contribution < -0.4 is 14.8 Å². The van der Waals surface area contributed by atoms with E-state index in [1.807, 2.05) is 63.2 Å². The van der Waals surface area contributed by atoms with Gasteiger partial charge in [-0.2, -0.15) is 0 Å². The molecule has 0 saturated carbocycles. The van der Waals surface area contributed by atoms with Gasteiger partial charge in [-0.1, -0.05) is 18.2 Å². The van der Waals surface area contributed by atoms with E-state index in [2.05, 4.69) is 5.32 Å². The van der Waals surface area contributed by atoms with Crippen molar-refractivity contribution < 1.29 is 23.8 Å². The maximum Gasteiger partial charge on any atom is 0.344 e. The van der Waals surface area contributed by atoms with E-state index < -0.39 is 5.97 Å². The van der Waals surface area contributed by atoms with E-state index >= 15 is 0 Å². The molecule has 27 heavy (non-hydrogen) atoms. The predicted octanol–water partition coefficient (Wildman–Crippen LogP) is 2.73. The van der Waals surface area contributed by atoms with Crippen molar-refractivity contribution in [3.05, 3.63) is 59.2 Å². The number of aryl methyl sites for hydroxylation is 3. The number of amides is 1. The smallest absolute Gasteiger partial charge is 0.344 e. The number of ether oxygens (including phenoxy) is 3. The highest BCUT2D eigenvalue weighted by molar-refractivity contribution is 5.80. The molecule has 0 aromatic heterocycles. The van der Waals surface area contributed by atoms with Gasteiger partial charge in [0.15, 0.2) is 13.2 Å². The number of benzene rings is 2. The average Bonchev–Trinajstić information content (AvgIpc) is 2.61. The molecular formula is C21H25NO5. The molecule has 2 aromatic carbocycles. The lowest BCUT2D eigenvalue weighted by molar-refractivity contribution is -0.150. The zero-order valence-electron chi connectivity index (χ0n) is 15.9. The Kier molecular flexibility index (Phi) is 7.67. The fourth-order valence-corrected chi connectivity index (χ4v) is 2.46. The van der Waals surface area contributed by atoms with Crippen molar-refractivity contribution in [1.82, 2.24) is 5.32 Å². The highest BCUT2D eigenvalue weighted by atomic mass is 16.6. The molecule has 6 nitrogen and oxygen atoms in total. The second-order valence-electron chi connectivity index (χ2n) is 6.29. The molecule has 0 radical (unpaired) electrons. The van der Waals surface area contributed by atoms with E-state index in [1.165, 1.54) is 0 Å². The molecule has 144 valence electrons. The summed E-state index contributed by atoms with van der Waals surface area (Å²) in [5.74, 6) is 0.365. The summed E-state index contributed by atoms with van der Waals surface area (Å²) in [4.78, 5) is 23.4. The Hall–Kier alpha value is -3.02. The first-order chi connectivity index (χ1) is 12.9. The van der Waals surface area contributed by atoms with Crippen LogP contribution >= 0.6 is 0 Å². The summed E-state index contributed by atoms with van der Waals surface area (Å²) < 4.78 is 15.8. The zero-order valence-corrected chi connectivity index (χ0v) is 15.9. The van der Waals surface area contributed by atoms with Crippen LogP contribution in [0.3, 0.4) is 0 Å². The van der Waals surface area contributed by atoms with Crippen LogP contribution in [0.2, 0.25) is 0 Å². The molecule has 6 heteroatoms. The number of carbonyl (C=O) groups is 2. The van der Waals surface area contributed by atoms with Crippen molar-refractivity contribution in [3.8, 4) is 11.5 Å². The third-order valence-corrected chi connectivity index (χ3v) is 3.60. The van der Waals surface area contributed by atoms with E-state index in [-0.39, 0.29) is 19.1 Å². The van der Waals surface area contributed by atoms with Gasteiger partial charge in [0.25, 0.3) is 5.91 Å². The summed E-state index contributed by atoms with van der Waals surface area (Å²) in [6.07, 6.45) is 0. The van der Waals surface area contributed by atoms with Crippen LogP contribution in [0.15, 0.2) is 42.5 Å². The molecule has 0 aliphatic heterocycles. The Morgan fingerprint density at radius 2 is 1.56 bits per heavy atom. The van der Waals surface area contributed by atoms with E-state index in [1.54, 1.807) is 0 Å². The molecule has 0 saturated heterocycles. The van der Waals surface area contributed by atoms with Gasteiger partial charge >= 0.3 is 5.97 Å². The molecule has 1 N–H and O–H groups in total. The van der Waals surface area contributed by atoms with Crippen LogP contribution in [0.25, 0.3) is 0 Å². The second-order valence-corrected chi connectivity index (χ2v) is 6.29. The molecule has 2 rings (SSSR count). The molecule has 0 fully saturated rings. The quantitative estimate of drug-likeness (QED) is 0.542. The molecule has 2 aromatic rings. The largest absolute Gasteiger partial charge is 0.492 e. The molecular weight excluding hydrogens is 346 g/mol.